The molecule has 0 unspecified atom stereocenters. The molecule has 0 saturated carbocycles. The monoisotopic (exact) mass is 501 g/mol. The normalized spacial score (nSPS) is 15.9. The van der Waals surface area contributed by atoms with Gasteiger partial charge in [-0.15, -0.1) is 24.0 Å². The molecule has 0 bridgehead atoms. The number of rotatable bonds is 6. The highest BCUT2D eigenvalue weighted by atomic mass is 127. The topological polar surface area (TPSA) is 65.7 Å². The molecule has 0 aliphatic carbocycles. The van der Waals surface area contributed by atoms with E-state index in [0.717, 1.165) is 61.9 Å². The van der Waals surface area contributed by atoms with E-state index >= 15 is 0 Å². The van der Waals surface area contributed by atoms with Crippen molar-refractivity contribution in [2.75, 3.05) is 20.1 Å². The van der Waals surface area contributed by atoms with E-state index in [0.29, 0.717) is 12.6 Å². The highest BCUT2D eigenvalue weighted by Gasteiger charge is 2.20. The lowest BCUT2D eigenvalue weighted by molar-refractivity contribution is 0.198. The molecule has 1 fully saturated rings. The van der Waals surface area contributed by atoms with Crippen molar-refractivity contribution < 1.29 is 8.91 Å². The van der Waals surface area contributed by atoms with Crippen LogP contribution >= 0.6 is 24.0 Å². The van der Waals surface area contributed by atoms with Crippen molar-refractivity contribution in [2.45, 2.75) is 45.3 Å². The average molecular weight is 501 g/mol. The van der Waals surface area contributed by atoms with Crippen molar-refractivity contribution in [1.29, 1.82) is 0 Å². The Morgan fingerprint density at radius 3 is 2.61 bits per heavy atom. The van der Waals surface area contributed by atoms with Crippen LogP contribution in [-0.4, -0.2) is 42.2 Å². The van der Waals surface area contributed by atoms with Gasteiger partial charge in [0.1, 0.15) is 5.82 Å². The number of aromatic nitrogens is 1. The van der Waals surface area contributed by atoms with Crippen LogP contribution < -0.4 is 10.6 Å². The van der Waals surface area contributed by atoms with Gasteiger partial charge in [-0.3, -0.25) is 9.89 Å². The second-order valence-electron chi connectivity index (χ2n) is 6.89. The first-order valence-electron chi connectivity index (χ1n) is 9.54. The maximum absolute atomic E-state index is 13.0. The molecule has 2 heterocycles. The van der Waals surface area contributed by atoms with Gasteiger partial charge in [0.25, 0.3) is 0 Å². The summed E-state index contributed by atoms with van der Waals surface area (Å²) < 4.78 is 18.3. The van der Waals surface area contributed by atoms with E-state index in [1.807, 2.05) is 18.2 Å². The van der Waals surface area contributed by atoms with Gasteiger partial charge in [-0.25, -0.2) is 4.39 Å². The number of hydrogen-bond donors (Lipinski definition) is 2. The SMILES string of the molecule is CCc1cc(CNC(=NC)NC2CCN(Cc3ccc(F)cc3)CC2)on1.I. The summed E-state index contributed by atoms with van der Waals surface area (Å²) in [6, 6.07) is 9.13. The first kappa shape index (κ1) is 22.6. The zero-order valence-electron chi connectivity index (χ0n) is 16.4. The van der Waals surface area contributed by atoms with E-state index in [2.05, 4.69) is 32.6 Å². The molecule has 1 aromatic carbocycles. The van der Waals surface area contributed by atoms with Crippen LogP contribution in [0.25, 0.3) is 0 Å². The molecule has 154 valence electrons. The summed E-state index contributed by atoms with van der Waals surface area (Å²) in [6.45, 7) is 5.50. The van der Waals surface area contributed by atoms with Crippen LogP contribution in [0.2, 0.25) is 0 Å². The lowest BCUT2D eigenvalue weighted by atomic mass is 10.0. The molecular weight excluding hydrogens is 472 g/mol. The predicted molar refractivity (Wildman–Crippen MR) is 119 cm³/mol. The van der Waals surface area contributed by atoms with E-state index in [1.54, 1.807) is 7.05 Å². The number of hydrogen-bond acceptors (Lipinski definition) is 4. The molecule has 0 atom stereocenters. The Hall–Kier alpha value is -1.68. The Labute approximate surface area is 183 Å². The van der Waals surface area contributed by atoms with Gasteiger partial charge in [0.2, 0.25) is 0 Å². The van der Waals surface area contributed by atoms with E-state index in [4.69, 9.17) is 4.52 Å². The molecule has 0 amide bonds. The maximum atomic E-state index is 13.0. The Bertz CT molecular complexity index is 741. The summed E-state index contributed by atoms with van der Waals surface area (Å²) in [5, 5.41) is 10.8. The highest BCUT2D eigenvalue weighted by Crippen LogP contribution is 2.14. The summed E-state index contributed by atoms with van der Waals surface area (Å²) >= 11 is 0. The number of nitrogens with zero attached hydrogens (tertiary/aromatic N) is 3. The summed E-state index contributed by atoms with van der Waals surface area (Å²) in [4.78, 5) is 6.71. The fourth-order valence-corrected chi connectivity index (χ4v) is 3.25. The van der Waals surface area contributed by atoms with Crippen molar-refractivity contribution >= 4 is 29.9 Å². The van der Waals surface area contributed by atoms with Crippen LogP contribution in [-0.2, 0) is 19.5 Å². The second-order valence-corrected chi connectivity index (χ2v) is 6.89. The Balaban J connectivity index is 0.00000280. The molecule has 2 N–H and O–H groups in total. The quantitative estimate of drug-likeness (QED) is 0.361. The fourth-order valence-electron chi connectivity index (χ4n) is 3.25. The van der Waals surface area contributed by atoms with Crippen LogP contribution in [0.5, 0.6) is 0 Å². The van der Waals surface area contributed by atoms with Gasteiger partial charge in [0, 0.05) is 38.8 Å². The largest absolute Gasteiger partial charge is 0.359 e. The number of halogens is 2. The molecule has 3 rings (SSSR count). The average Bonchev–Trinajstić information content (AvgIpc) is 3.16. The molecule has 28 heavy (non-hydrogen) atoms. The van der Waals surface area contributed by atoms with Crippen LogP contribution in [0.1, 0.15) is 36.8 Å². The third-order valence-electron chi connectivity index (χ3n) is 4.87. The number of aliphatic imine (C=N–C) groups is 1. The van der Waals surface area contributed by atoms with E-state index in [1.165, 1.54) is 12.1 Å². The van der Waals surface area contributed by atoms with E-state index in [9.17, 15) is 4.39 Å². The third-order valence-corrected chi connectivity index (χ3v) is 4.87. The first-order chi connectivity index (χ1) is 13.2. The number of piperidine rings is 1. The van der Waals surface area contributed by atoms with Gasteiger partial charge in [-0.2, -0.15) is 0 Å². The van der Waals surface area contributed by atoms with Crippen LogP contribution in [0.3, 0.4) is 0 Å². The fraction of sp³-hybridized carbons (Fsp3) is 0.500. The van der Waals surface area contributed by atoms with Gasteiger partial charge in [0.15, 0.2) is 11.7 Å². The smallest absolute Gasteiger partial charge is 0.191 e. The molecule has 6 nitrogen and oxygen atoms in total. The van der Waals surface area contributed by atoms with Gasteiger partial charge in [-0.05, 0) is 37.0 Å². The summed E-state index contributed by atoms with van der Waals surface area (Å²) in [5.74, 6) is 1.40. The molecule has 1 aliphatic rings. The molecule has 0 radical (unpaired) electrons. The highest BCUT2D eigenvalue weighted by molar-refractivity contribution is 14.0. The van der Waals surface area contributed by atoms with E-state index in [-0.39, 0.29) is 29.8 Å². The zero-order valence-corrected chi connectivity index (χ0v) is 18.8. The Kier molecular flexibility index (Phi) is 9.17. The maximum Gasteiger partial charge on any atom is 0.191 e. The molecule has 1 saturated heterocycles. The molecule has 8 heteroatoms. The minimum atomic E-state index is -0.184. The molecule has 2 aromatic rings. The zero-order chi connectivity index (χ0) is 19.1. The van der Waals surface area contributed by atoms with Crippen LogP contribution in [0.4, 0.5) is 4.39 Å². The van der Waals surface area contributed by atoms with Crippen molar-refractivity contribution in [1.82, 2.24) is 20.7 Å². The van der Waals surface area contributed by atoms with Crippen LogP contribution in [0.15, 0.2) is 39.8 Å². The van der Waals surface area contributed by atoms with Gasteiger partial charge < -0.3 is 15.2 Å². The lowest BCUT2D eigenvalue weighted by Crippen LogP contribution is -2.48. The standard InChI is InChI=1S/C20H28FN5O.HI/c1-3-17-12-19(27-25-17)13-23-20(22-2)24-18-8-10-26(11-9-18)14-15-4-6-16(21)7-5-15;/h4-7,12,18H,3,8-11,13-14H2,1-2H3,(H2,22,23,24);1H. The molecule has 1 aromatic heterocycles. The Morgan fingerprint density at radius 1 is 1.29 bits per heavy atom. The van der Waals surface area contributed by atoms with E-state index < -0.39 is 0 Å². The summed E-state index contributed by atoms with van der Waals surface area (Å²) in [6.07, 6.45) is 2.96. The van der Waals surface area contributed by atoms with Crippen molar-refractivity contribution in [3.05, 3.63) is 53.2 Å². The minimum Gasteiger partial charge on any atom is -0.359 e. The molecule has 0 spiro atoms. The predicted octanol–water partition coefficient (Wildman–Crippen LogP) is 3.32. The van der Waals surface area contributed by atoms with Crippen molar-refractivity contribution in [2.24, 2.45) is 4.99 Å². The number of guanidine groups is 1. The number of benzene rings is 1. The van der Waals surface area contributed by atoms with Gasteiger partial charge >= 0.3 is 0 Å². The van der Waals surface area contributed by atoms with Crippen LogP contribution in [0, 0.1) is 5.82 Å². The summed E-state index contributed by atoms with van der Waals surface area (Å²) in [5.41, 5.74) is 2.11. The number of nitrogens with one attached hydrogen (secondary N) is 2. The second kappa shape index (κ2) is 11.4. The van der Waals surface area contributed by atoms with Gasteiger partial charge in [-0.1, -0.05) is 24.2 Å². The lowest BCUT2D eigenvalue weighted by Gasteiger charge is -2.33. The number of likely N-dealkylation sites (tertiary alicyclic amines) is 1. The molecular formula is C20H29FIN5O. The number of aryl methyl sites for hydroxylation is 1. The third kappa shape index (κ3) is 6.73. The minimum absolute atomic E-state index is 0. The van der Waals surface area contributed by atoms with Crippen molar-refractivity contribution in [3.63, 3.8) is 0 Å². The van der Waals surface area contributed by atoms with Gasteiger partial charge in [0.05, 0.1) is 12.2 Å². The molecule has 1 aliphatic heterocycles. The first-order valence-corrected chi connectivity index (χ1v) is 9.54. The van der Waals surface area contributed by atoms with Crippen molar-refractivity contribution in [3.8, 4) is 0 Å². The summed E-state index contributed by atoms with van der Waals surface area (Å²) in [7, 11) is 1.77. The Morgan fingerprint density at radius 2 is 2.00 bits per heavy atom.